The lowest BCUT2D eigenvalue weighted by atomic mass is 10.3. The zero-order valence-corrected chi connectivity index (χ0v) is 7.20. The fourth-order valence-corrected chi connectivity index (χ4v) is 1.42. The van der Waals surface area contributed by atoms with Gasteiger partial charge in [0.05, 0.1) is 5.52 Å². The molecule has 2 aromatic heterocycles. The van der Waals surface area contributed by atoms with Crippen LogP contribution in [0.25, 0.3) is 10.9 Å². The third-order valence-corrected chi connectivity index (χ3v) is 2.02. The average molecular weight is 161 g/mol. The molecular weight excluding hydrogens is 150 g/mol. The van der Waals surface area contributed by atoms with Crippen LogP contribution in [0.15, 0.2) is 24.5 Å². The predicted octanol–water partition coefficient (Wildman–Crippen LogP) is 1.61. The molecule has 0 aromatic carbocycles. The smallest absolute Gasteiger partial charge is 0.150 e. The number of nitrogens with one attached hydrogen (secondary N) is 1. The van der Waals surface area contributed by atoms with Crippen molar-refractivity contribution >= 4 is 16.7 Å². The van der Waals surface area contributed by atoms with Crippen molar-refractivity contribution in [1.82, 2.24) is 9.55 Å². The molecule has 0 bridgehead atoms. The topological polar surface area (TPSA) is 29.9 Å². The van der Waals surface area contributed by atoms with E-state index in [4.69, 9.17) is 0 Å². The molecule has 12 heavy (non-hydrogen) atoms. The van der Waals surface area contributed by atoms with E-state index in [1.807, 2.05) is 32.6 Å². The van der Waals surface area contributed by atoms with Gasteiger partial charge in [-0.25, -0.2) is 4.98 Å². The van der Waals surface area contributed by atoms with Gasteiger partial charge in [0, 0.05) is 31.9 Å². The molecule has 2 rings (SSSR count). The molecular formula is C9H11N3. The van der Waals surface area contributed by atoms with Crippen molar-refractivity contribution in [1.29, 1.82) is 0 Å². The van der Waals surface area contributed by atoms with E-state index in [-0.39, 0.29) is 0 Å². The number of hydrogen-bond donors (Lipinski definition) is 1. The molecule has 0 atom stereocenters. The highest BCUT2D eigenvalue weighted by atomic mass is 15.0. The summed E-state index contributed by atoms with van der Waals surface area (Å²) >= 11 is 0. The monoisotopic (exact) mass is 161 g/mol. The van der Waals surface area contributed by atoms with Crippen LogP contribution in [0.5, 0.6) is 0 Å². The summed E-state index contributed by atoms with van der Waals surface area (Å²) in [5, 5.41) is 4.28. The van der Waals surface area contributed by atoms with Gasteiger partial charge in [0.1, 0.15) is 5.82 Å². The van der Waals surface area contributed by atoms with Crippen molar-refractivity contribution in [3.63, 3.8) is 0 Å². The van der Waals surface area contributed by atoms with Gasteiger partial charge in [-0.05, 0) is 12.1 Å². The van der Waals surface area contributed by atoms with E-state index in [1.165, 1.54) is 5.39 Å². The Labute approximate surface area is 71.0 Å². The number of nitrogens with zero attached hydrogens (tertiary/aromatic N) is 2. The first kappa shape index (κ1) is 7.16. The Balaban J connectivity index is 2.84. The molecule has 2 heterocycles. The fraction of sp³-hybridized carbons (Fsp3) is 0.222. The molecule has 0 saturated carbocycles. The van der Waals surface area contributed by atoms with Crippen molar-refractivity contribution in [3.8, 4) is 0 Å². The van der Waals surface area contributed by atoms with Gasteiger partial charge in [-0.2, -0.15) is 0 Å². The molecule has 0 spiro atoms. The van der Waals surface area contributed by atoms with Crippen LogP contribution < -0.4 is 5.32 Å². The van der Waals surface area contributed by atoms with Crippen LogP contribution in [0, 0.1) is 0 Å². The molecule has 3 nitrogen and oxygen atoms in total. The van der Waals surface area contributed by atoms with Crippen molar-refractivity contribution in [3.05, 3.63) is 24.5 Å². The van der Waals surface area contributed by atoms with Gasteiger partial charge in [-0.15, -0.1) is 0 Å². The van der Waals surface area contributed by atoms with Crippen LogP contribution >= 0.6 is 0 Å². The second kappa shape index (κ2) is 2.52. The van der Waals surface area contributed by atoms with Gasteiger partial charge in [0.2, 0.25) is 0 Å². The molecule has 0 amide bonds. The molecule has 0 aliphatic rings. The zero-order chi connectivity index (χ0) is 8.55. The highest BCUT2D eigenvalue weighted by Crippen LogP contribution is 2.20. The lowest BCUT2D eigenvalue weighted by Crippen LogP contribution is -1.95. The minimum atomic E-state index is 0.931. The maximum Gasteiger partial charge on any atom is 0.150 e. The number of fused-ring (bicyclic) bond motifs is 1. The molecule has 3 heteroatoms. The van der Waals surface area contributed by atoms with E-state index < -0.39 is 0 Å². The number of aromatic nitrogens is 2. The molecule has 0 radical (unpaired) electrons. The Kier molecular flexibility index (Phi) is 1.50. The van der Waals surface area contributed by atoms with Crippen LogP contribution in [-0.2, 0) is 7.05 Å². The SMILES string of the molecule is CNc1nccc2ccn(C)c12. The first-order valence-electron chi connectivity index (χ1n) is 3.90. The molecule has 0 saturated heterocycles. The summed E-state index contributed by atoms with van der Waals surface area (Å²) in [5.41, 5.74) is 1.15. The second-order valence-corrected chi connectivity index (χ2v) is 2.77. The highest BCUT2D eigenvalue weighted by molar-refractivity contribution is 5.89. The maximum atomic E-state index is 4.23. The maximum absolute atomic E-state index is 4.23. The Morgan fingerprint density at radius 2 is 2.25 bits per heavy atom. The quantitative estimate of drug-likeness (QED) is 0.688. The summed E-state index contributed by atoms with van der Waals surface area (Å²) in [5.74, 6) is 0.931. The third kappa shape index (κ3) is 0.863. The van der Waals surface area contributed by atoms with Crippen molar-refractivity contribution in [2.24, 2.45) is 7.05 Å². The minimum absolute atomic E-state index is 0.931. The predicted molar refractivity (Wildman–Crippen MR) is 50.3 cm³/mol. The van der Waals surface area contributed by atoms with Gasteiger partial charge < -0.3 is 9.88 Å². The van der Waals surface area contributed by atoms with E-state index in [1.54, 1.807) is 0 Å². The Morgan fingerprint density at radius 1 is 1.42 bits per heavy atom. The molecule has 62 valence electrons. The fourth-order valence-electron chi connectivity index (χ4n) is 1.42. The van der Waals surface area contributed by atoms with Crippen molar-refractivity contribution < 1.29 is 0 Å². The molecule has 0 fully saturated rings. The van der Waals surface area contributed by atoms with Crippen LogP contribution in [0.1, 0.15) is 0 Å². The summed E-state index contributed by atoms with van der Waals surface area (Å²) in [6.07, 6.45) is 3.85. The minimum Gasteiger partial charge on any atom is -0.371 e. The number of pyridine rings is 1. The Hall–Kier alpha value is -1.51. The molecule has 1 N–H and O–H groups in total. The third-order valence-electron chi connectivity index (χ3n) is 2.02. The van der Waals surface area contributed by atoms with Gasteiger partial charge in [-0.1, -0.05) is 0 Å². The number of rotatable bonds is 1. The Bertz CT molecular complexity index is 403. The second-order valence-electron chi connectivity index (χ2n) is 2.77. The summed E-state index contributed by atoms with van der Waals surface area (Å²) in [4.78, 5) is 4.23. The molecule has 2 aromatic rings. The number of aryl methyl sites for hydroxylation is 1. The summed E-state index contributed by atoms with van der Waals surface area (Å²) < 4.78 is 2.06. The van der Waals surface area contributed by atoms with Gasteiger partial charge in [0.15, 0.2) is 0 Å². The number of anilines is 1. The average Bonchev–Trinajstić information content (AvgIpc) is 2.48. The lowest BCUT2D eigenvalue weighted by Gasteiger charge is -2.02. The molecule has 0 aliphatic heterocycles. The highest BCUT2D eigenvalue weighted by Gasteiger charge is 2.02. The summed E-state index contributed by atoms with van der Waals surface area (Å²) in [6.45, 7) is 0. The normalized spacial score (nSPS) is 10.5. The van der Waals surface area contributed by atoms with E-state index in [2.05, 4.69) is 20.9 Å². The summed E-state index contributed by atoms with van der Waals surface area (Å²) in [6, 6.07) is 4.09. The van der Waals surface area contributed by atoms with E-state index in [0.717, 1.165) is 11.3 Å². The van der Waals surface area contributed by atoms with Crippen molar-refractivity contribution in [2.75, 3.05) is 12.4 Å². The van der Waals surface area contributed by atoms with Gasteiger partial charge in [0.25, 0.3) is 0 Å². The van der Waals surface area contributed by atoms with Crippen molar-refractivity contribution in [2.45, 2.75) is 0 Å². The zero-order valence-electron chi connectivity index (χ0n) is 7.20. The van der Waals surface area contributed by atoms with Gasteiger partial charge in [-0.3, -0.25) is 0 Å². The van der Waals surface area contributed by atoms with Crippen LogP contribution in [0.3, 0.4) is 0 Å². The first-order valence-corrected chi connectivity index (χ1v) is 3.90. The molecule has 0 aliphatic carbocycles. The van der Waals surface area contributed by atoms with Crippen LogP contribution in [0.4, 0.5) is 5.82 Å². The van der Waals surface area contributed by atoms with Crippen LogP contribution in [0.2, 0.25) is 0 Å². The standard InChI is InChI=1S/C9H11N3/c1-10-9-8-7(3-5-11-9)4-6-12(8)2/h3-6H,1-2H3,(H,10,11). The van der Waals surface area contributed by atoms with E-state index in [0.29, 0.717) is 0 Å². The van der Waals surface area contributed by atoms with E-state index in [9.17, 15) is 0 Å². The molecule has 0 unspecified atom stereocenters. The lowest BCUT2D eigenvalue weighted by molar-refractivity contribution is 0.966. The van der Waals surface area contributed by atoms with Crippen LogP contribution in [-0.4, -0.2) is 16.6 Å². The van der Waals surface area contributed by atoms with Gasteiger partial charge >= 0.3 is 0 Å². The van der Waals surface area contributed by atoms with E-state index >= 15 is 0 Å². The number of hydrogen-bond acceptors (Lipinski definition) is 2. The summed E-state index contributed by atoms with van der Waals surface area (Å²) in [7, 11) is 3.90. The first-order chi connectivity index (χ1) is 5.83. The Morgan fingerprint density at radius 3 is 3.00 bits per heavy atom. The largest absolute Gasteiger partial charge is 0.371 e.